The number of piperazine rings is 1. The van der Waals surface area contributed by atoms with Crippen LogP contribution in [0.2, 0.25) is 0 Å². The highest BCUT2D eigenvalue weighted by Crippen LogP contribution is 2.13. The number of amides is 2. The van der Waals surface area contributed by atoms with Gasteiger partial charge in [-0.05, 0) is 36.2 Å². The zero-order valence-electron chi connectivity index (χ0n) is 15.1. The van der Waals surface area contributed by atoms with Gasteiger partial charge >= 0.3 is 0 Å². The first kappa shape index (κ1) is 18.2. The van der Waals surface area contributed by atoms with Crippen molar-refractivity contribution >= 4 is 11.8 Å². The molecular weight excluding hydrogens is 330 g/mol. The first-order chi connectivity index (χ1) is 12.7. The molecule has 0 radical (unpaired) electrons. The molecule has 1 aromatic carbocycles. The molecule has 0 unspecified atom stereocenters. The normalized spacial score (nSPS) is 15.0. The largest absolute Gasteiger partial charge is 0.459 e. The molecule has 0 spiro atoms. The SMILES string of the molecule is CCCNC(=O)c1cccc(CN2CCN(C(=O)c3ccco3)CC2)c1. The lowest BCUT2D eigenvalue weighted by molar-refractivity contribution is 0.0597. The lowest BCUT2D eigenvalue weighted by Gasteiger charge is -2.34. The van der Waals surface area contributed by atoms with Crippen molar-refractivity contribution in [1.82, 2.24) is 15.1 Å². The fourth-order valence-corrected chi connectivity index (χ4v) is 3.07. The van der Waals surface area contributed by atoms with Gasteiger partial charge in [-0.25, -0.2) is 0 Å². The second kappa shape index (κ2) is 8.67. The summed E-state index contributed by atoms with van der Waals surface area (Å²) in [6, 6.07) is 11.2. The molecule has 0 aliphatic carbocycles. The van der Waals surface area contributed by atoms with Gasteiger partial charge in [0.2, 0.25) is 0 Å². The molecule has 2 amide bonds. The Morgan fingerprint density at radius 3 is 2.62 bits per heavy atom. The van der Waals surface area contributed by atoms with Crippen LogP contribution in [0.3, 0.4) is 0 Å². The van der Waals surface area contributed by atoms with E-state index in [0.29, 0.717) is 31.0 Å². The van der Waals surface area contributed by atoms with Crippen molar-refractivity contribution in [3.63, 3.8) is 0 Å². The van der Waals surface area contributed by atoms with Crippen LogP contribution in [-0.4, -0.2) is 54.3 Å². The molecule has 6 nitrogen and oxygen atoms in total. The lowest BCUT2D eigenvalue weighted by Crippen LogP contribution is -2.48. The summed E-state index contributed by atoms with van der Waals surface area (Å²) >= 11 is 0. The Morgan fingerprint density at radius 2 is 1.92 bits per heavy atom. The average molecular weight is 355 g/mol. The minimum atomic E-state index is -0.0516. The van der Waals surface area contributed by atoms with Crippen molar-refractivity contribution in [3.05, 3.63) is 59.5 Å². The summed E-state index contributed by atoms with van der Waals surface area (Å²) in [5.41, 5.74) is 1.81. The van der Waals surface area contributed by atoms with Gasteiger partial charge in [0.15, 0.2) is 5.76 Å². The predicted molar refractivity (Wildman–Crippen MR) is 99.0 cm³/mol. The van der Waals surface area contributed by atoms with Crippen LogP contribution < -0.4 is 5.32 Å². The van der Waals surface area contributed by atoms with Gasteiger partial charge < -0.3 is 14.6 Å². The number of rotatable bonds is 6. The van der Waals surface area contributed by atoms with Gasteiger partial charge in [-0.1, -0.05) is 19.1 Å². The van der Waals surface area contributed by atoms with E-state index in [-0.39, 0.29) is 11.8 Å². The Hall–Kier alpha value is -2.60. The predicted octanol–water partition coefficient (Wildman–Crippen LogP) is 2.38. The third-order valence-electron chi connectivity index (χ3n) is 4.52. The molecule has 6 heteroatoms. The molecule has 1 saturated heterocycles. The Bertz CT molecular complexity index is 735. The summed E-state index contributed by atoms with van der Waals surface area (Å²) < 4.78 is 5.19. The highest BCUT2D eigenvalue weighted by atomic mass is 16.3. The number of furan rings is 1. The maximum Gasteiger partial charge on any atom is 0.289 e. The van der Waals surface area contributed by atoms with E-state index in [1.807, 2.05) is 36.1 Å². The second-order valence-electron chi connectivity index (χ2n) is 6.50. The summed E-state index contributed by atoms with van der Waals surface area (Å²) in [4.78, 5) is 28.5. The molecule has 0 atom stereocenters. The van der Waals surface area contributed by atoms with Gasteiger partial charge in [-0.15, -0.1) is 0 Å². The van der Waals surface area contributed by atoms with E-state index < -0.39 is 0 Å². The number of nitrogens with one attached hydrogen (secondary N) is 1. The molecule has 0 bridgehead atoms. The van der Waals surface area contributed by atoms with E-state index in [1.165, 1.54) is 6.26 Å². The van der Waals surface area contributed by atoms with Crippen LogP contribution in [-0.2, 0) is 6.54 Å². The molecule has 138 valence electrons. The van der Waals surface area contributed by atoms with E-state index in [9.17, 15) is 9.59 Å². The Labute approximate surface area is 153 Å². The zero-order chi connectivity index (χ0) is 18.4. The highest BCUT2D eigenvalue weighted by Gasteiger charge is 2.23. The topological polar surface area (TPSA) is 65.8 Å². The van der Waals surface area contributed by atoms with Crippen LogP contribution in [0, 0.1) is 0 Å². The van der Waals surface area contributed by atoms with Crippen molar-refractivity contribution in [1.29, 1.82) is 0 Å². The number of hydrogen-bond donors (Lipinski definition) is 1. The molecule has 1 N–H and O–H groups in total. The van der Waals surface area contributed by atoms with Crippen molar-refractivity contribution in [3.8, 4) is 0 Å². The first-order valence-electron chi connectivity index (χ1n) is 9.09. The van der Waals surface area contributed by atoms with Gasteiger partial charge in [-0.3, -0.25) is 14.5 Å². The summed E-state index contributed by atoms with van der Waals surface area (Å²) in [6.07, 6.45) is 2.44. The van der Waals surface area contributed by atoms with Gasteiger partial charge in [-0.2, -0.15) is 0 Å². The Morgan fingerprint density at radius 1 is 1.12 bits per heavy atom. The van der Waals surface area contributed by atoms with Gasteiger partial charge in [0.25, 0.3) is 11.8 Å². The fraction of sp³-hybridized carbons (Fsp3) is 0.400. The smallest absolute Gasteiger partial charge is 0.289 e. The lowest BCUT2D eigenvalue weighted by atomic mass is 10.1. The van der Waals surface area contributed by atoms with Crippen LogP contribution in [0.1, 0.15) is 39.8 Å². The molecule has 26 heavy (non-hydrogen) atoms. The maximum absolute atomic E-state index is 12.3. The number of carbonyl (C=O) groups excluding carboxylic acids is 2. The molecule has 2 heterocycles. The van der Waals surface area contributed by atoms with Crippen LogP contribution in [0.15, 0.2) is 47.1 Å². The molecule has 1 aromatic heterocycles. The third kappa shape index (κ3) is 4.52. The molecule has 2 aromatic rings. The summed E-state index contributed by atoms with van der Waals surface area (Å²) in [6.45, 7) is 6.46. The average Bonchev–Trinajstić information content (AvgIpc) is 3.21. The van der Waals surface area contributed by atoms with E-state index in [1.54, 1.807) is 12.1 Å². The van der Waals surface area contributed by atoms with Gasteiger partial charge in [0, 0.05) is 44.8 Å². The molecule has 0 saturated carbocycles. The number of nitrogens with zero attached hydrogens (tertiary/aromatic N) is 2. The first-order valence-corrected chi connectivity index (χ1v) is 9.09. The number of benzene rings is 1. The Kier molecular flexibility index (Phi) is 6.07. The van der Waals surface area contributed by atoms with Gasteiger partial charge in [0.1, 0.15) is 0 Å². The molecule has 1 fully saturated rings. The van der Waals surface area contributed by atoms with E-state index in [2.05, 4.69) is 10.2 Å². The van der Waals surface area contributed by atoms with Crippen molar-refractivity contribution < 1.29 is 14.0 Å². The van der Waals surface area contributed by atoms with Crippen LogP contribution in [0.25, 0.3) is 0 Å². The van der Waals surface area contributed by atoms with Crippen LogP contribution in [0.4, 0.5) is 0 Å². The fourth-order valence-electron chi connectivity index (χ4n) is 3.07. The third-order valence-corrected chi connectivity index (χ3v) is 4.52. The Balaban J connectivity index is 1.53. The summed E-state index contributed by atoms with van der Waals surface area (Å²) in [5, 5.41) is 2.91. The van der Waals surface area contributed by atoms with Crippen molar-refractivity contribution in [2.45, 2.75) is 19.9 Å². The van der Waals surface area contributed by atoms with Crippen LogP contribution in [0.5, 0.6) is 0 Å². The van der Waals surface area contributed by atoms with E-state index in [0.717, 1.165) is 31.6 Å². The monoisotopic (exact) mass is 355 g/mol. The van der Waals surface area contributed by atoms with E-state index >= 15 is 0 Å². The minimum absolute atomic E-state index is 0.0254. The maximum atomic E-state index is 12.3. The summed E-state index contributed by atoms with van der Waals surface area (Å²) in [5.74, 6) is 0.316. The standard InChI is InChI=1S/C20H25N3O3/c1-2-8-21-19(24)17-6-3-5-16(14-17)15-22-9-11-23(12-10-22)20(25)18-7-4-13-26-18/h3-7,13-14H,2,8-12,15H2,1H3,(H,21,24). The quantitative estimate of drug-likeness (QED) is 0.864. The van der Waals surface area contributed by atoms with Crippen molar-refractivity contribution in [2.75, 3.05) is 32.7 Å². The molecule has 1 aliphatic rings. The number of carbonyl (C=O) groups is 2. The molecule has 3 rings (SSSR count). The highest BCUT2D eigenvalue weighted by molar-refractivity contribution is 5.94. The second-order valence-corrected chi connectivity index (χ2v) is 6.50. The van der Waals surface area contributed by atoms with Crippen LogP contribution >= 0.6 is 0 Å². The summed E-state index contributed by atoms with van der Waals surface area (Å²) in [7, 11) is 0. The molecule has 1 aliphatic heterocycles. The number of hydrogen-bond acceptors (Lipinski definition) is 4. The minimum Gasteiger partial charge on any atom is -0.459 e. The van der Waals surface area contributed by atoms with Gasteiger partial charge in [0.05, 0.1) is 6.26 Å². The zero-order valence-corrected chi connectivity index (χ0v) is 15.1. The van der Waals surface area contributed by atoms with Crippen molar-refractivity contribution in [2.24, 2.45) is 0 Å². The van der Waals surface area contributed by atoms with E-state index in [4.69, 9.17) is 4.42 Å². The molecular formula is C20H25N3O3.